The zero-order chi connectivity index (χ0) is 14.2. The van der Waals surface area contributed by atoms with Gasteiger partial charge in [-0.2, -0.15) is 4.31 Å². The fourth-order valence-electron chi connectivity index (χ4n) is 1.73. The summed E-state index contributed by atoms with van der Waals surface area (Å²) in [5.74, 6) is -0.00686. The maximum atomic E-state index is 12.1. The third-order valence-corrected chi connectivity index (χ3v) is 4.64. The Morgan fingerprint density at radius 2 is 2.11 bits per heavy atom. The van der Waals surface area contributed by atoms with E-state index in [0.29, 0.717) is 0 Å². The van der Waals surface area contributed by atoms with Crippen molar-refractivity contribution in [3.8, 4) is 5.75 Å². The van der Waals surface area contributed by atoms with Crippen molar-refractivity contribution in [3.05, 3.63) is 28.3 Å². The first-order chi connectivity index (χ1) is 8.86. The van der Waals surface area contributed by atoms with Crippen LogP contribution in [0.2, 0.25) is 0 Å². The van der Waals surface area contributed by atoms with Crippen molar-refractivity contribution in [1.82, 2.24) is 4.31 Å². The standard InChI is InChI=1S/C10H12N2O6S/c1-18-10-3-2-8(4-9(10)12(14)15)19(16,17)11-5-7(13)6-11/h2-4,7,13H,5-6H2,1H3. The van der Waals surface area contributed by atoms with Crippen LogP contribution in [0.1, 0.15) is 0 Å². The number of sulfonamides is 1. The molecule has 1 aliphatic heterocycles. The molecule has 1 fully saturated rings. The monoisotopic (exact) mass is 288 g/mol. The lowest BCUT2D eigenvalue weighted by Crippen LogP contribution is -2.53. The van der Waals surface area contributed by atoms with E-state index in [9.17, 15) is 18.5 Å². The smallest absolute Gasteiger partial charge is 0.312 e. The summed E-state index contributed by atoms with van der Waals surface area (Å²) in [4.78, 5) is 9.95. The average Bonchev–Trinajstić information content (AvgIpc) is 2.33. The van der Waals surface area contributed by atoms with Crippen molar-refractivity contribution in [1.29, 1.82) is 0 Å². The van der Waals surface area contributed by atoms with Crippen LogP contribution in [-0.2, 0) is 10.0 Å². The Labute approximate surface area is 109 Å². The number of ether oxygens (including phenoxy) is 1. The van der Waals surface area contributed by atoms with Crippen molar-refractivity contribution in [3.63, 3.8) is 0 Å². The molecule has 1 N–H and O–H groups in total. The highest BCUT2D eigenvalue weighted by atomic mass is 32.2. The molecule has 9 heteroatoms. The second-order valence-corrected chi connectivity index (χ2v) is 6.00. The topological polar surface area (TPSA) is 110 Å². The van der Waals surface area contributed by atoms with E-state index in [1.54, 1.807) is 0 Å². The highest BCUT2D eigenvalue weighted by Crippen LogP contribution is 2.31. The number of hydrogen-bond donors (Lipinski definition) is 1. The lowest BCUT2D eigenvalue weighted by Gasteiger charge is -2.34. The Bertz CT molecular complexity index is 608. The normalized spacial score (nSPS) is 16.9. The van der Waals surface area contributed by atoms with Gasteiger partial charge < -0.3 is 9.84 Å². The van der Waals surface area contributed by atoms with E-state index in [1.165, 1.54) is 19.2 Å². The van der Waals surface area contributed by atoms with Gasteiger partial charge in [-0.25, -0.2) is 8.42 Å². The predicted molar refractivity (Wildman–Crippen MR) is 64.4 cm³/mol. The van der Waals surface area contributed by atoms with Gasteiger partial charge in [-0.3, -0.25) is 10.1 Å². The molecule has 2 rings (SSSR count). The lowest BCUT2D eigenvalue weighted by atomic mass is 10.2. The van der Waals surface area contributed by atoms with Crippen molar-refractivity contribution >= 4 is 15.7 Å². The number of methoxy groups -OCH3 is 1. The third kappa shape index (κ3) is 2.39. The molecule has 0 radical (unpaired) electrons. The van der Waals surface area contributed by atoms with E-state index in [1.807, 2.05) is 0 Å². The first-order valence-corrected chi connectivity index (χ1v) is 6.81. The van der Waals surface area contributed by atoms with Crippen LogP contribution in [0.25, 0.3) is 0 Å². The van der Waals surface area contributed by atoms with Crippen LogP contribution >= 0.6 is 0 Å². The van der Waals surface area contributed by atoms with E-state index >= 15 is 0 Å². The average molecular weight is 288 g/mol. The quantitative estimate of drug-likeness (QED) is 0.615. The molecule has 0 bridgehead atoms. The summed E-state index contributed by atoms with van der Waals surface area (Å²) in [7, 11) is -2.54. The minimum absolute atomic E-state index is 0.00214. The SMILES string of the molecule is COc1ccc(S(=O)(=O)N2CC(O)C2)cc1[N+](=O)[O-]. The first kappa shape index (κ1) is 13.7. The van der Waals surface area contributed by atoms with Crippen molar-refractivity contribution in [2.24, 2.45) is 0 Å². The summed E-state index contributed by atoms with van der Waals surface area (Å²) >= 11 is 0. The molecule has 0 spiro atoms. The van der Waals surface area contributed by atoms with Gasteiger partial charge in [0.2, 0.25) is 10.0 Å². The molecular weight excluding hydrogens is 276 g/mol. The summed E-state index contributed by atoms with van der Waals surface area (Å²) in [6.07, 6.45) is -0.678. The number of nitro benzene ring substituents is 1. The van der Waals surface area contributed by atoms with Gasteiger partial charge in [-0.05, 0) is 12.1 Å². The molecule has 104 valence electrons. The third-order valence-electron chi connectivity index (χ3n) is 2.81. The maximum absolute atomic E-state index is 12.1. The number of aliphatic hydroxyl groups is 1. The molecule has 1 saturated heterocycles. The van der Waals surface area contributed by atoms with Crippen LogP contribution in [0, 0.1) is 10.1 Å². The number of nitrogens with zero attached hydrogens (tertiary/aromatic N) is 2. The molecule has 0 unspecified atom stereocenters. The highest BCUT2D eigenvalue weighted by molar-refractivity contribution is 7.89. The number of benzene rings is 1. The molecule has 1 aromatic rings. The van der Waals surface area contributed by atoms with Crippen LogP contribution in [0.3, 0.4) is 0 Å². The fourth-order valence-corrected chi connectivity index (χ4v) is 3.27. The second-order valence-electron chi connectivity index (χ2n) is 4.07. The van der Waals surface area contributed by atoms with Crippen LogP contribution in [0.15, 0.2) is 23.1 Å². The van der Waals surface area contributed by atoms with Gasteiger partial charge in [0.15, 0.2) is 5.75 Å². The highest BCUT2D eigenvalue weighted by Gasteiger charge is 2.36. The van der Waals surface area contributed by atoms with Gasteiger partial charge >= 0.3 is 5.69 Å². The lowest BCUT2D eigenvalue weighted by molar-refractivity contribution is -0.386. The van der Waals surface area contributed by atoms with Crippen LogP contribution in [-0.4, -0.2) is 49.1 Å². The molecule has 8 nitrogen and oxygen atoms in total. The molecule has 1 aliphatic rings. The van der Waals surface area contributed by atoms with Gasteiger partial charge in [-0.1, -0.05) is 0 Å². The Balaban J connectivity index is 2.41. The largest absolute Gasteiger partial charge is 0.490 e. The molecule has 19 heavy (non-hydrogen) atoms. The van der Waals surface area contributed by atoms with E-state index in [-0.39, 0.29) is 23.7 Å². The summed E-state index contributed by atoms with van der Waals surface area (Å²) in [5, 5.41) is 20.0. The molecule has 1 aromatic carbocycles. The second kappa shape index (κ2) is 4.76. The molecular formula is C10H12N2O6S. The first-order valence-electron chi connectivity index (χ1n) is 5.37. The van der Waals surface area contributed by atoms with E-state index < -0.39 is 26.7 Å². The fraction of sp³-hybridized carbons (Fsp3) is 0.400. The zero-order valence-corrected chi connectivity index (χ0v) is 10.8. The van der Waals surface area contributed by atoms with E-state index in [4.69, 9.17) is 9.84 Å². The summed E-state index contributed by atoms with van der Waals surface area (Å²) < 4.78 is 30.0. The Morgan fingerprint density at radius 1 is 1.47 bits per heavy atom. The van der Waals surface area contributed by atoms with Gasteiger partial charge in [0.25, 0.3) is 0 Å². The Morgan fingerprint density at radius 3 is 2.58 bits per heavy atom. The van der Waals surface area contributed by atoms with Gasteiger partial charge in [0.1, 0.15) is 0 Å². The summed E-state index contributed by atoms with van der Waals surface area (Å²) in [5.41, 5.74) is -0.412. The Kier molecular flexibility index (Phi) is 3.43. The minimum atomic E-state index is -3.80. The van der Waals surface area contributed by atoms with Crippen molar-refractivity contribution < 1.29 is 23.2 Å². The van der Waals surface area contributed by atoms with Crippen LogP contribution < -0.4 is 4.74 Å². The maximum Gasteiger partial charge on any atom is 0.312 e. The number of rotatable bonds is 4. The minimum Gasteiger partial charge on any atom is -0.490 e. The zero-order valence-electron chi connectivity index (χ0n) is 10.0. The number of aliphatic hydroxyl groups excluding tert-OH is 1. The van der Waals surface area contributed by atoms with Gasteiger partial charge in [0, 0.05) is 19.2 Å². The van der Waals surface area contributed by atoms with E-state index in [2.05, 4.69) is 0 Å². The molecule has 0 aliphatic carbocycles. The molecule has 0 saturated carbocycles. The number of nitro groups is 1. The van der Waals surface area contributed by atoms with Crippen molar-refractivity contribution in [2.75, 3.05) is 20.2 Å². The predicted octanol–water partition coefficient (Wildman–Crippen LogP) is -0.0314. The molecule has 0 amide bonds. The number of hydrogen-bond acceptors (Lipinski definition) is 6. The van der Waals surface area contributed by atoms with Crippen LogP contribution in [0.4, 0.5) is 5.69 Å². The van der Waals surface area contributed by atoms with Gasteiger partial charge in [-0.15, -0.1) is 0 Å². The van der Waals surface area contributed by atoms with Crippen LogP contribution in [0.5, 0.6) is 5.75 Å². The van der Waals surface area contributed by atoms with Crippen molar-refractivity contribution in [2.45, 2.75) is 11.0 Å². The summed E-state index contributed by atoms with van der Waals surface area (Å²) in [6.45, 7) is 0.00429. The summed E-state index contributed by atoms with van der Waals surface area (Å²) in [6, 6.07) is 3.44. The molecule has 0 aromatic heterocycles. The number of β-amino-alcohol motifs (C(OH)–C–C–N with tert-alkyl or cyclic N) is 1. The van der Waals surface area contributed by atoms with Gasteiger partial charge in [0.05, 0.1) is 23.0 Å². The molecule has 0 atom stereocenters. The Hall–Kier alpha value is -1.71. The molecule has 1 heterocycles. The van der Waals surface area contributed by atoms with E-state index in [0.717, 1.165) is 10.4 Å².